The molecule has 0 fully saturated rings. The fourth-order valence-corrected chi connectivity index (χ4v) is 3.45. The van der Waals surface area contributed by atoms with Gasteiger partial charge in [-0.15, -0.1) is 0 Å². The van der Waals surface area contributed by atoms with E-state index in [-0.39, 0.29) is 23.9 Å². The number of Topliss-reactive ketones (excluding diaryl/α,β-unsaturated/α-hetero) is 1. The molecule has 7 heteroatoms. The SMILES string of the molecule is NC(=O)CN(CCSC(=O)c1ccccc1)C(=S)CC(=O)c1ccccc1. The molecule has 0 saturated heterocycles. The highest BCUT2D eigenvalue weighted by molar-refractivity contribution is 8.14. The summed E-state index contributed by atoms with van der Waals surface area (Å²) in [6.07, 6.45) is 0.0178. The molecular formula is C20H20N2O3S2. The number of ketones is 1. The van der Waals surface area contributed by atoms with E-state index in [2.05, 4.69) is 0 Å². The van der Waals surface area contributed by atoms with Crippen molar-refractivity contribution in [2.45, 2.75) is 6.42 Å². The summed E-state index contributed by atoms with van der Waals surface area (Å²) in [7, 11) is 0. The van der Waals surface area contributed by atoms with E-state index in [1.165, 1.54) is 0 Å². The van der Waals surface area contributed by atoms with E-state index in [1.54, 1.807) is 53.4 Å². The van der Waals surface area contributed by atoms with Crippen molar-refractivity contribution >= 4 is 45.8 Å². The monoisotopic (exact) mass is 400 g/mol. The van der Waals surface area contributed by atoms with Gasteiger partial charge in [0.1, 0.15) is 0 Å². The number of amides is 1. The van der Waals surface area contributed by atoms with Crippen LogP contribution in [0.25, 0.3) is 0 Å². The van der Waals surface area contributed by atoms with Gasteiger partial charge in [-0.1, -0.05) is 84.6 Å². The Labute approximate surface area is 167 Å². The zero-order chi connectivity index (χ0) is 19.6. The Hall–Kier alpha value is -2.51. The summed E-state index contributed by atoms with van der Waals surface area (Å²) in [6.45, 7) is 0.272. The van der Waals surface area contributed by atoms with Gasteiger partial charge in [0.05, 0.1) is 18.0 Å². The minimum atomic E-state index is -0.538. The highest BCUT2D eigenvalue weighted by Gasteiger charge is 2.17. The summed E-state index contributed by atoms with van der Waals surface area (Å²) in [6, 6.07) is 17.8. The fourth-order valence-electron chi connectivity index (χ4n) is 2.36. The van der Waals surface area contributed by atoms with Gasteiger partial charge >= 0.3 is 0 Å². The number of nitrogens with two attached hydrogens (primary N) is 1. The molecule has 140 valence electrons. The van der Waals surface area contributed by atoms with Crippen LogP contribution in [-0.2, 0) is 4.79 Å². The Morgan fingerprint density at radius 1 is 0.926 bits per heavy atom. The van der Waals surface area contributed by atoms with E-state index >= 15 is 0 Å². The van der Waals surface area contributed by atoms with Crippen LogP contribution < -0.4 is 5.73 Å². The van der Waals surface area contributed by atoms with Crippen molar-refractivity contribution < 1.29 is 14.4 Å². The van der Waals surface area contributed by atoms with Gasteiger partial charge in [0.2, 0.25) is 11.0 Å². The first kappa shape index (κ1) is 20.8. The fraction of sp³-hybridized carbons (Fsp3) is 0.200. The molecule has 2 N–H and O–H groups in total. The van der Waals surface area contributed by atoms with E-state index in [0.29, 0.717) is 28.4 Å². The van der Waals surface area contributed by atoms with Gasteiger partial charge in [-0.2, -0.15) is 0 Å². The van der Waals surface area contributed by atoms with Crippen LogP contribution in [0.3, 0.4) is 0 Å². The maximum Gasteiger partial charge on any atom is 0.236 e. The van der Waals surface area contributed by atoms with Crippen LogP contribution in [0.2, 0.25) is 0 Å². The molecule has 0 aliphatic carbocycles. The number of carbonyl (C=O) groups is 3. The molecule has 5 nitrogen and oxygen atoms in total. The number of carbonyl (C=O) groups excluding carboxylic acids is 3. The number of thioether (sulfide) groups is 1. The van der Waals surface area contributed by atoms with Crippen LogP contribution in [0.1, 0.15) is 27.1 Å². The second-order valence-corrected chi connectivity index (χ2v) is 7.29. The largest absolute Gasteiger partial charge is 0.368 e. The van der Waals surface area contributed by atoms with Crippen molar-refractivity contribution in [1.29, 1.82) is 0 Å². The van der Waals surface area contributed by atoms with Crippen LogP contribution in [0.5, 0.6) is 0 Å². The van der Waals surface area contributed by atoms with Gasteiger partial charge in [0.25, 0.3) is 0 Å². The Kier molecular flexibility index (Phi) is 8.16. The minimum absolute atomic E-state index is 0.0178. The van der Waals surface area contributed by atoms with E-state index in [0.717, 1.165) is 11.8 Å². The molecule has 0 saturated carbocycles. The van der Waals surface area contributed by atoms with Crippen molar-refractivity contribution in [3.8, 4) is 0 Å². The van der Waals surface area contributed by atoms with Crippen LogP contribution in [-0.4, -0.2) is 45.5 Å². The first-order valence-electron chi connectivity index (χ1n) is 8.34. The zero-order valence-corrected chi connectivity index (χ0v) is 16.3. The molecule has 0 heterocycles. The Bertz CT molecular complexity index is 810. The summed E-state index contributed by atoms with van der Waals surface area (Å²) in [5.74, 6) is -0.229. The van der Waals surface area contributed by atoms with E-state index in [4.69, 9.17) is 18.0 Å². The lowest BCUT2D eigenvalue weighted by molar-refractivity contribution is -0.118. The quantitative estimate of drug-likeness (QED) is 0.515. The average molecular weight is 401 g/mol. The normalized spacial score (nSPS) is 10.2. The third-order valence-corrected chi connectivity index (χ3v) is 5.00. The molecule has 27 heavy (non-hydrogen) atoms. The van der Waals surface area contributed by atoms with E-state index in [9.17, 15) is 14.4 Å². The molecule has 2 rings (SSSR count). The summed E-state index contributed by atoms with van der Waals surface area (Å²) in [5.41, 5.74) is 6.48. The van der Waals surface area contributed by atoms with Gasteiger partial charge < -0.3 is 10.6 Å². The minimum Gasteiger partial charge on any atom is -0.368 e. The lowest BCUT2D eigenvalue weighted by atomic mass is 10.1. The molecule has 2 aromatic rings. The van der Waals surface area contributed by atoms with Gasteiger partial charge in [-0.05, 0) is 0 Å². The summed E-state index contributed by atoms with van der Waals surface area (Å²) in [4.78, 5) is 37.8. The Morgan fingerprint density at radius 3 is 2.04 bits per heavy atom. The number of thiocarbonyl (C=S) groups is 1. The van der Waals surface area contributed by atoms with E-state index < -0.39 is 5.91 Å². The number of rotatable bonds is 9. The van der Waals surface area contributed by atoms with Crippen molar-refractivity contribution in [2.75, 3.05) is 18.8 Å². The number of nitrogens with zero attached hydrogens (tertiary/aromatic N) is 1. The first-order valence-corrected chi connectivity index (χ1v) is 9.73. The van der Waals surface area contributed by atoms with Crippen molar-refractivity contribution in [3.05, 3.63) is 71.8 Å². The molecule has 0 spiro atoms. The molecule has 0 aliphatic rings. The third-order valence-electron chi connectivity index (χ3n) is 3.71. The van der Waals surface area contributed by atoms with Crippen LogP contribution in [0.4, 0.5) is 0 Å². The maximum atomic E-state index is 12.3. The summed E-state index contributed by atoms with van der Waals surface area (Å²) in [5, 5.41) is -0.0547. The molecule has 0 aliphatic heterocycles. The lowest BCUT2D eigenvalue weighted by Crippen LogP contribution is -2.39. The summed E-state index contributed by atoms with van der Waals surface area (Å²) < 4.78 is 0. The third kappa shape index (κ3) is 6.96. The smallest absolute Gasteiger partial charge is 0.236 e. The molecule has 0 unspecified atom stereocenters. The standard InChI is InChI=1S/C20H20N2O3S2/c21-18(24)14-22(11-12-27-20(25)16-9-5-2-6-10-16)19(26)13-17(23)15-7-3-1-4-8-15/h1-10H,11-14H2,(H2,21,24). The van der Waals surface area contributed by atoms with E-state index in [1.807, 2.05) is 12.1 Å². The molecule has 0 radical (unpaired) electrons. The second-order valence-electron chi connectivity index (χ2n) is 5.75. The molecule has 2 aromatic carbocycles. The van der Waals surface area contributed by atoms with Crippen LogP contribution in [0.15, 0.2) is 60.7 Å². The number of benzene rings is 2. The van der Waals surface area contributed by atoms with Crippen molar-refractivity contribution in [3.63, 3.8) is 0 Å². The number of primary amides is 1. The average Bonchev–Trinajstić information content (AvgIpc) is 2.68. The van der Waals surface area contributed by atoms with Crippen LogP contribution >= 0.6 is 24.0 Å². The summed E-state index contributed by atoms with van der Waals surface area (Å²) >= 11 is 6.49. The topological polar surface area (TPSA) is 80.5 Å². The highest BCUT2D eigenvalue weighted by atomic mass is 32.2. The number of hydrogen-bond donors (Lipinski definition) is 1. The predicted molar refractivity (Wildman–Crippen MR) is 112 cm³/mol. The van der Waals surface area contributed by atoms with Gasteiger partial charge in [-0.3, -0.25) is 14.4 Å². The zero-order valence-electron chi connectivity index (χ0n) is 14.7. The molecule has 0 atom stereocenters. The van der Waals surface area contributed by atoms with Gasteiger partial charge in [0.15, 0.2) is 5.78 Å². The van der Waals surface area contributed by atoms with Gasteiger partial charge in [-0.25, -0.2) is 0 Å². The second kappa shape index (κ2) is 10.6. The Morgan fingerprint density at radius 2 is 1.48 bits per heavy atom. The molecular weight excluding hydrogens is 380 g/mol. The van der Waals surface area contributed by atoms with Gasteiger partial charge in [0, 0.05) is 23.4 Å². The van der Waals surface area contributed by atoms with Crippen LogP contribution in [0, 0.1) is 0 Å². The van der Waals surface area contributed by atoms with Crippen molar-refractivity contribution in [2.24, 2.45) is 5.73 Å². The molecule has 0 aromatic heterocycles. The maximum absolute atomic E-state index is 12.3. The number of hydrogen-bond acceptors (Lipinski definition) is 5. The highest BCUT2D eigenvalue weighted by Crippen LogP contribution is 2.13. The Balaban J connectivity index is 1.91. The van der Waals surface area contributed by atoms with Crippen molar-refractivity contribution in [1.82, 2.24) is 4.90 Å². The first-order chi connectivity index (χ1) is 13.0. The molecule has 0 bridgehead atoms. The lowest BCUT2D eigenvalue weighted by Gasteiger charge is -2.23. The predicted octanol–water partition coefficient (Wildman–Crippen LogP) is 2.95. The molecule has 1 amide bonds.